The van der Waals surface area contributed by atoms with E-state index in [1.54, 1.807) is 13.3 Å². The molecular formula is C29H36N2O4S. The second kappa shape index (κ2) is 12.6. The van der Waals surface area contributed by atoms with Gasteiger partial charge >= 0.3 is 5.97 Å². The van der Waals surface area contributed by atoms with Crippen LogP contribution in [0.3, 0.4) is 0 Å². The highest BCUT2D eigenvalue weighted by atomic mass is 32.2. The van der Waals surface area contributed by atoms with E-state index in [-0.39, 0.29) is 5.92 Å². The summed E-state index contributed by atoms with van der Waals surface area (Å²) in [5.41, 5.74) is 2.93. The summed E-state index contributed by atoms with van der Waals surface area (Å²) in [6, 6.07) is 15.9. The molecule has 0 amide bonds. The number of aromatic nitrogens is 1. The molecule has 3 aromatic rings. The molecule has 0 radical (unpaired) electrons. The summed E-state index contributed by atoms with van der Waals surface area (Å²) in [4.78, 5) is 20.1. The molecule has 4 rings (SSSR count). The van der Waals surface area contributed by atoms with Gasteiger partial charge in [0.25, 0.3) is 0 Å². The van der Waals surface area contributed by atoms with Crippen molar-refractivity contribution < 1.29 is 19.7 Å². The molecule has 1 aromatic heterocycles. The van der Waals surface area contributed by atoms with Crippen LogP contribution in [0.4, 0.5) is 0 Å². The second-order valence-corrected chi connectivity index (χ2v) is 10.8. The molecule has 3 atom stereocenters. The van der Waals surface area contributed by atoms with Crippen molar-refractivity contribution in [2.24, 2.45) is 11.8 Å². The van der Waals surface area contributed by atoms with Gasteiger partial charge in [0, 0.05) is 23.0 Å². The first-order chi connectivity index (χ1) is 17.5. The van der Waals surface area contributed by atoms with Crippen molar-refractivity contribution in [1.29, 1.82) is 0 Å². The number of hydrogen-bond acceptors (Lipinski definition) is 6. The average molecular weight is 509 g/mol. The van der Waals surface area contributed by atoms with E-state index >= 15 is 0 Å². The molecule has 2 aromatic carbocycles. The number of pyridine rings is 1. The van der Waals surface area contributed by atoms with E-state index in [1.807, 2.05) is 36.0 Å². The van der Waals surface area contributed by atoms with Crippen LogP contribution in [-0.2, 0) is 4.79 Å². The van der Waals surface area contributed by atoms with Crippen molar-refractivity contribution in [2.45, 2.75) is 43.6 Å². The Labute approximate surface area is 217 Å². The van der Waals surface area contributed by atoms with Crippen molar-refractivity contribution in [2.75, 3.05) is 32.5 Å². The zero-order chi connectivity index (χ0) is 25.5. The summed E-state index contributed by atoms with van der Waals surface area (Å²) in [5, 5.41) is 21.8. The SMILES string of the molecule is COc1ccc2nccc([C@H](O)CC[C@@H]3CCN(CCCSc4ccccc4C)C[C@@H]3C(=O)O)c2c1. The number of aliphatic hydroxyl groups is 1. The van der Waals surface area contributed by atoms with Crippen molar-refractivity contribution in [3.63, 3.8) is 0 Å². The third kappa shape index (κ3) is 6.58. The number of carboxylic acids is 1. The maximum Gasteiger partial charge on any atom is 0.308 e. The summed E-state index contributed by atoms with van der Waals surface area (Å²) in [6.45, 7) is 4.55. The highest BCUT2D eigenvalue weighted by Gasteiger charge is 2.34. The van der Waals surface area contributed by atoms with Crippen LogP contribution in [0.25, 0.3) is 10.9 Å². The highest BCUT2D eigenvalue weighted by molar-refractivity contribution is 7.99. The van der Waals surface area contributed by atoms with Gasteiger partial charge in [-0.25, -0.2) is 0 Å². The van der Waals surface area contributed by atoms with E-state index in [0.29, 0.717) is 19.4 Å². The number of rotatable bonds is 11. The molecule has 2 heterocycles. The summed E-state index contributed by atoms with van der Waals surface area (Å²) in [6.07, 6.45) is 4.13. The first kappa shape index (κ1) is 26.5. The van der Waals surface area contributed by atoms with Crippen LogP contribution in [0, 0.1) is 18.8 Å². The molecule has 1 fully saturated rings. The smallest absolute Gasteiger partial charge is 0.308 e. The Bertz CT molecular complexity index is 1170. The van der Waals surface area contributed by atoms with Crippen LogP contribution < -0.4 is 4.74 Å². The normalized spacial score (nSPS) is 19.3. The average Bonchev–Trinajstić information content (AvgIpc) is 2.90. The van der Waals surface area contributed by atoms with Gasteiger partial charge in [0.15, 0.2) is 0 Å². The minimum Gasteiger partial charge on any atom is -0.497 e. The second-order valence-electron chi connectivity index (χ2n) is 9.64. The lowest BCUT2D eigenvalue weighted by Gasteiger charge is -2.37. The lowest BCUT2D eigenvalue weighted by molar-refractivity contribution is -0.146. The number of carbonyl (C=O) groups is 1. The van der Waals surface area contributed by atoms with Gasteiger partial charge in [-0.3, -0.25) is 9.78 Å². The van der Waals surface area contributed by atoms with Gasteiger partial charge in [-0.1, -0.05) is 18.2 Å². The highest BCUT2D eigenvalue weighted by Crippen LogP contribution is 2.34. The van der Waals surface area contributed by atoms with E-state index in [0.717, 1.165) is 53.9 Å². The third-order valence-electron chi connectivity index (χ3n) is 7.28. The fourth-order valence-electron chi connectivity index (χ4n) is 5.18. The summed E-state index contributed by atoms with van der Waals surface area (Å²) in [5.74, 6) is 0.688. The topological polar surface area (TPSA) is 82.9 Å². The number of aliphatic hydroxyl groups excluding tert-OH is 1. The number of benzene rings is 2. The first-order valence-electron chi connectivity index (χ1n) is 12.7. The Hall–Kier alpha value is -2.61. The Kier molecular flexibility index (Phi) is 9.24. The van der Waals surface area contributed by atoms with Crippen LogP contribution in [0.2, 0.25) is 0 Å². The number of thioether (sulfide) groups is 1. The van der Waals surface area contributed by atoms with Crippen molar-refractivity contribution in [1.82, 2.24) is 9.88 Å². The number of hydrogen-bond donors (Lipinski definition) is 2. The van der Waals surface area contributed by atoms with Gasteiger partial charge < -0.3 is 19.8 Å². The molecule has 1 aliphatic rings. The van der Waals surface area contributed by atoms with Crippen molar-refractivity contribution in [3.8, 4) is 5.75 Å². The van der Waals surface area contributed by atoms with Gasteiger partial charge in [0.05, 0.1) is 24.6 Å². The van der Waals surface area contributed by atoms with Gasteiger partial charge in [0.1, 0.15) is 5.75 Å². The van der Waals surface area contributed by atoms with Crippen LogP contribution in [0.1, 0.15) is 42.9 Å². The number of fused-ring (bicyclic) bond motifs is 1. The molecule has 1 saturated heterocycles. The molecule has 192 valence electrons. The number of piperidine rings is 1. The molecule has 36 heavy (non-hydrogen) atoms. The predicted octanol–water partition coefficient (Wildman–Crippen LogP) is 5.57. The number of carboxylic acid groups (broad SMARTS) is 1. The Balaban J connectivity index is 1.30. The lowest BCUT2D eigenvalue weighted by atomic mass is 9.81. The van der Waals surface area contributed by atoms with E-state index in [2.05, 4.69) is 41.1 Å². The number of aliphatic carboxylic acids is 1. The Morgan fingerprint density at radius 3 is 2.86 bits per heavy atom. The fraction of sp³-hybridized carbons (Fsp3) is 0.448. The monoisotopic (exact) mass is 508 g/mol. The van der Waals surface area contributed by atoms with Gasteiger partial charge in [-0.05, 0) is 98.8 Å². The number of aryl methyl sites for hydroxylation is 1. The van der Waals surface area contributed by atoms with Crippen molar-refractivity contribution in [3.05, 3.63) is 65.9 Å². The minimum absolute atomic E-state index is 0.0670. The molecule has 6 nitrogen and oxygen atoms in total. The maximum atomic E-state index is 12.1. The number of likely N-dealkylation sites (tertiary alicyclic amines) is 1. The predicted molar refractivity (Wildman–Crippen MR) is 145 cm³/mol. The zero-order valence-corrected chi connectivity index (χ0v) is 21.9. The molecule has 0 spiro atoms. The van der Waals surface area contributed by atoms with E-state index in [4.69, 9.17) is 4.74 Å². The lowest BCUT2D eigenvalue weighted by Crippen LogP contribution is -2.44. The van der Waals surface area contributed by atoms with Crippen LogP contribution in [-0.4, -0.2) is 58.6 Å². The van der Waals surface area contributed by atoms with Crippen LogP contribution in [0.5, 0.6) is 5.75 Å². The van der Waals surface area contributed by atoms with Crippen LogP contribution >= 0.6 is 11.8 Å². The van der Waals surface area contributed by atoms with Crippen molar-refractivity contribution >= 4 is 28.6 Å². The van der Waals surface area contributed by atoms with E-state index in [9.17, 15) is 15.0 Å². The van der Waals surface area contributed by atoms with Gasteiger partial charge in [-0.2, -0.15) is 0 Å². The third-order valence-corrected chi connectivity index (χ3v) is 8.54. The quantitative estimate of drug-likeness (QED) is 0.259. The fourth-order valence-corrected chi connectivity index (χ4v) is 6.14. The molecule has 0 unspecified atom stereocenters. The van der Waals surface area contributed by atoms with E-state index < -0.39 is 18.0 Å². The Morgan fingerprint density at radius 1 is 1.25 bits per heavy atom. The molecule has 0 bridgehead atoms. The number of methoxy groups -OCH3 is 1. The molecule has 0 aliphatic carbocycles. The summed E-state index contributed by atoms with van der Waals surface area (Å²) in [7, 11) is 1.62. The Morgan fingerprint density at radius 2 is 2.08 bits per heavy atom. The first-order valence-corrected chi connectivity index (χ1v) is 13.7. The summed E-state index contributed by atoms with van der Waals surface area (Å²) >= 11 is 1.87. The standard InChI is InChI=1S/C29H36N2O4S/c1-20-6-3-4-7-28(20)36-17-5-15-31-16-13-21(25(19-31)29(33)34)8-11-27(32)23-12-14-30-26-10-9-22(35-2)18-24(23)26/h3-4,6-7,9-10,12,14,18,21,25,27,32H,5,8,11,13,15-17,19H2,1-2H3,(H,33,34)/t21-,25+,27-/m1/s1. The molecule has 1 aliphatic heterocycles. The number of ether oxygens (including phenoxy) is 1. The zero-order valence-electron chi connectivity index (χ0n) is 21.1. The molecule has 7 heteroatoms. The molecule has 2 N–H and O–H groups in total. The molecule has 0 saturated carbocycles. The maximum absolute atomic E-state index is 12.1. The minimum atomic E-state index is -0.729. The molecular weight excluding hydrogens is 472 g/mol. The largest absolute Gasteiger partial charge is 0.497 e. The van der Waals surface area contributed by atoms with E-state index in [1.165, 1.54) is 10.5 Å². The number of nitrogens with zero attached hydrogens (tertiary/aromatic N) is 2. The van der Waals surface area contributed by atoms with Gasteiger partial charge in [0.2, 0.25) is 0 Å². The van der Waals surface area contributed by atoms with Crippen LogP contribution in [0.15, 0.2) is 59.6 Å². The van der Waals surface area contributed by atoms with Gasteiger partial charge in [-0.15, -0.1) is 11.8 Å². The summed E-state index contributed by atoms with van der Waals surface area (Å²) < 4.78 is 5.34.